The Labute approximate surface area is 122 Å². The van der Waals surface area contributed by atoms with Crippen molar-refractivity contribution in [3.63, 3.8) is 0 Å². The first-order chi connectivity index (χ1) is 9.16. The fraction of sp³-hybridized carbons (Fsp3) is 0.647. The highest BCUT2D eigenvalue weighted by atomic mass is 16.5. The summed E-state index contributed by atoms with van der Waals surface area (Å²) in [4.78, 5) is 0. The number of benzene rings is 1. The quantitative estimate of drug-likeness (QED) is 0.913. The summed E-state index contributed by atoms with van der Waals surface area (Å²) < 4.78 is 12.1. The van der Waals surface area contributed by atoms with Crippen molar-refractivity contribution in [3.05, 3.63) is 23.8 Å². The zero-order valence-corrected chi connectivity index (χ0v) is 13.5. The van der Waals surface area contributed by atoms with Crippen LogP contribution in [0.15, 0.2) is 18.2 Å². The Bertz CT molecular complexity index is 474. The molecule has 0 amide bonds. The summed E-state index contributed by atoms with van der Waals surface area (Å²) in [6.07, 6.45) is 1.04. The first kappa shape index (κ1) is 15.2. The Morgan fingerprint density at radius 3 is 2.70 bits per heavy atom. The summed E-state index contributed by atoms with van der Waals surface area (Å²) in [5.41, 5.74) is 1.21. The molecule has 1 atom stereocenters. The lowest BCUT2D eigenvalue weighted by molar-refractivity contribution is 0.126. The molecule has 0 fully saturated rings. The number of fused-ring (bicyclic) bond motifs is 1. The topological polar surface area (TPSA) is 30.5 Å². The van der Waals surface area contributed by atoms with Crippen LogP contribution in [0.25, 0.3) is 0 Å². The number of hydrogen-bond donors (Lipinski definition) is 1. The van der Waals surface area contributed by atoms with Gasteiger partial charge in [0.2, 0.25) is 0 Å². The zero-order chi connectivity index (χ0) is 15.0. The Kier molecular flexibility index (Phi) is 4.01. The largest absolute Gasteiger partial charge is 0.485 e. The molecule has 0 aliphatic carbocycles. The van der Waals surface area contributed by atoms with Gasteiger partial charge in [-0.3, -0.25) is 0 Å². The number of para-hydroxylation sites is 1. The van der Waals surface area contributed by atoms with Crippen LogP contribution in [0.1, 0.15) is 47.1 Å². The van der Waals surface area contributed by atoms with Crippen LogP contribution >= 0.6 is 0 Å². The van der Waals surface area contributed by atoms with Crippen LogP contribution in [0.2, 0.25) is 0 Å². The van der Waals surface area contributed by atoms with E-state index >= 15 is 0 Å². The third kappa shape index (κ3) is 3.89. The minimum atomic E-state index is -0.130. The van der Waals surface area contributed by atoms with Crippen molar-refractivity contribution in [2.24, 2.45) is 0 Å². The van der Waals surface area contributed by atoms with Crippen molar-refractivity contribution in [1.29, 1.82) is 0 Å². The van der Waals surface area contributed by atoms with Gasteiger partial charge in [0.05, 0.1) is 0 Å². The molecule has 3 nitrogen and oxygen atoms in total. The highest BCUT2D eigenvalue weighted by molar-refractivity contribution is 5.50. The van der Waals surface area contributed by atoms with Gasteiger partial charge in [0, 0.05) is 24.1 Å². The Morgan fingerprint density at radius 1 is 1.35 bits per heavy atom. The number of rotatable bonds is 4. The van der Waals surface area contributed by atoms with E-state index in [1.165, 1.54) is 5.56 Å². The van der Waals surface area contributed by atoms with E-state index in [1.54, 1.807) is 0 Å². The average molecular weight is 277 g/mol. The maximum absolute atomic E-state index is 6.06. The van der Waals surface area contributed by atoms with Crippen molar-refractivity contribution >= 4 is 0 Å². The second kappa shape index (κ2) is 5.28. The second-order valence-electron chi connectivity index (χ2n) is 7.34. The molecule has 0 radical (unpaired) electrons. The molecular weight excluding hydrogens is 250 g/mol. The van der Waals surface area contributed by atoms with Crippen LogP contribution in [-0.2, 0) is 6.42 Å². The van der Waals surface area contributed by atoms with Crippen molar-refractivity contribution in [2.45, 2.75) is 65.2 Å². The number of hydrogen-bond acceptors (Lipinski definition) is 3. The van der Waals surface area contributed by atoms with E-state index in [4.69, 9.17) is 9.47 Å². The highest BCUT2D eigenvalue weighted by Crippen LogP contribution is 2.42. The van der Waals surface area contributed by atoms with Crippen molar-refractivity contribution in [1.82, 2.24) is 5.32 Å². The predicted molar refractivity (Wildman–Crippen MR) is 82.7 cm³/mol. The second-order valence-corrected chi connectivity index (χ2v) is 7.34. The first-order valence-corrected chi connectivity index (χ1v) is 7.39. The standard InChI is InChI=1S/C17H27NO2/c1-12(11-18-16(2,3)4)19-14-9-7-8-13-10-17(5,6)20-15(13)14/h7-9,12,18H,10-11H2,1-6H3. The minimum absolute atomic E-state index is 0.105. The smallest absolute Gasteiger partial charge is 0.165 e. The average Bonchev–Trinajstić information content (AvgIpc) is 2.61. The van der Waals surface area contributed by atoms with E-state index in [1.807, 2.05) is 12.1 Å². The molecule has 3 heteroatoms. The van der Waals surface area contributed by atoms with Crippen LogP contribution < -0.4 is 14.8 Å². The van der Waals surface area contributed by atoms with Gasteiger partial charge in [0.25, 0.3) is 0 Å². The van der Waals surface area contributed by atoms with Gasteiger partial charge in [-0.05, 0) is 47.6 Å². The normalized spacial score (nSPS) is 18.3. The number of ether oxygens (including phenoxy) is 2. The molecule has 1 aliphatic rings. The zero-order valence-electron chi connectivity index (χ0n) is 13.5. The van der Waals surface area contributed by atoms with E-state index in [9.17, 15) is 0 Å². The lowest BCUT2D eigenvalue weighted by atomic mass is 10.0. The summed E-state index contributed by atoms with van der Waals surface area (Å²) in [6.45, 7) is 13.6. The minimum Gasteiger partial charge on any atom is -0.485 e. The van der Waals surface area contributed by atoms with Gasteiger partial charge in [-0.15, -0.1) is 0 Å². The molecule has 1 N–H and O–H groups in total. The molecule has 1 unspecified atom stereocenters. The maximum atomic E-state index is 6.06. The van der Waals surface area contributed by atoms with E-state index in [0.29, 0.717) is 0 Å². The van der Waals surface area contributed by atoms with Crippen LogP contribution in [0.3, 0.4) is 0 Å². The Hall–Kier alpha value is -1.22. The SMILES string of the molecule is CC(CNC(C)(C)C)Oc1cccc2c1OC(C)(C)C2. The molecule has 0 aromatic heterocycles. The van der Waals surface area contributed by atoms with E-state index in [2.05, 4.69) is 52.9 Å². The lowest BCUT2D eigenvalue weighted by Crippen LogP contribution is -2.41. The molecule has 112 valence electrons. The van der Waals surface area contributed by atoms with Crippen LogP contribution in [0.4, 0.5) is 0 Å². The molecule has 0 saturated heterocycles. The molecule has 1 heterocycles. The maximum Gasteiger partial charge on any atom is 0.165 e. The van der Waals surface area contributed by atoms with E-state index < -0.39 is 0 Å². The monoisotopic (exact) mass is 277 g/mol. The lowest BCUT2D eigenvalue weighted by Gasteiger charge is -2.25. The highest BCUT2D eigenvalue weighted by Gasteiger charge is 2.32. The molecule has 0 spiro atoms. The summed E-state index contributed by atoms with van der Waals surface area (Å²) in [5.74, 6) is 1.77. The third-order valence-electron chi connectivity index (χ3n) is 3.30. The molecular formula is C17H27NO2. The van der Waals surface area contributed by atoms with Crippen LogP contribution in [0.5, 0.6) is 11.5 Å². The molecule has 1 aromatic carbocycles. The van der Waals surface area contributed by atoms with Gasteiger partial charge in [0.15, 0.2) is 11.5 Å². The van der Waals surface area contributed by atoms with E-state index in [0.717, 1.165) is 24.5 Å². The van der Waals surface area contributed by atoms with Gasteiger partial charge in [0.1, 0.15) is 11.7 Å². The van der Waals surface area contributed by atoms with Crippen molar-refractivity contribution < 1.29 is 9.47 Å². The van der Waals surface area contributed by atoms with E-state index in [-0.39, 0.29) is 17.2 Å². The molecule has 1 aromatic rings. The van der Waals surface area contributed by atoms with Gasteiger partial charge in [-0.1, -0.05) is 12.1 Å². The fourth-order valence-electron chi connectivity index (χ4n) is 2.39. The Balaban J connectivity index is 2.03. The molecule has 1 aliphatic heterocycles. The summed E-state index contributed by atoms with van der Waals surface area (Å²) in [7, 11) is 0. The van der Waals surface area contributed by atoms with Gasteiger partial charge < -0.3 is 14.8 Å². The van der Waals surface area contributed by atoms with Gasteiger partial charge in [-0.25, -0.2) is 0 Å². The first-order valence-electron chi connectivity index (χ1n) is 7.39. The van der Waals surface area contributed by atoms with Crippen LogP contribution in [-0.4, -0.2) is 23.8 Å². The van der Waals surface area contributed by atoms with Crippen LogP contribution in [0, 0.1) is 0 Å². The summed E-state index contributed by atoms with van der Waals surface area (Å²) in [6, 6.07) is 6.16. The molecule has 2 rings (SSSR count). The fourth-order valence-corrected chi connectivity index (χ4v) is 2.39. The molecule has 0 bridgehead atoms. The summed E-state index contributed by atoms with van der Waals surface area (Å²) in [5, 5.41) is 3.46. The molecule has 20 heavy (non-hydrogen) atoms. The number of nitrogens with one attached hydrogen (secondary N) is 1. The van der Waals surface area contributed by atoms with Gasteiger partial charge >= 0.3 is 0 Å². The van der Waals surface area contributed by atoms with Crippen molar-refractivity contribution in [2.75, 3.05) is 6.54 Å². The third-order valence-corrected chi connectivity index (χ3v) is 3.30. The molecule has 0 saturated carbocycles. The Morgan fingerprint density at radius 2 is 2.05 bits per heavy atom. The van der Waals surface area contributed by atoms with Crippen molar-refractivity contribution in [3.8, 4) is 11.5 Å². The predicted octanol–water partition coefficient (Wildman–Crippen LogP) is 3.56. The summed E-state index contributed by atoms with van der Waals surface area (Å²) >= 11 is 0. The van der Waals surface area contributed by atoms with Gasteiger partial charge in [-0.2, -0.15) is 0 Å².